The first-order chi connectivity index (χ1) is 13.2. The van der Waals surface area contributed by atoms with Crippen molar-refractivity contribution in [2.75, 3.05) is 32.7 Å². The van der Waals surface area contributed by atoms with Crippen LogP contribution in [-0.4, -0.2) is 60.4 Å². The van der Waals surface area contributed by atoms with E-state index in [0.29, 0.717) is 24.6 Å². The van der Waals surface area contributed by atoms with Crippen LogP contribution in [0.3, 0.4) is 0 Å². The first-order valence-corrected chi connectivity index (χ1v) is 9.99. The maximum atomic E-state index is 12.6. The molecule has 0 spiro atoms. The highest BCUT2D eigenvalue weighted by Crippen LogP contribution is 2.21. The quantitative estimate of drug-likeness (QED) is 0.906. The Morgan fingerprint density at radius 2 is 1.81 bits per heavy atom. The normalized spacial score (nSPS) is 20.3. The van der Waals surface area contributed by atoms with Gasteiger partial charge in [-0.25, -0.2) is 0 Å². The summed E-state index contributed by atoms with van der Waals surface area (Å²) in [6.45, 7) is 4.35. The van der Waals surface area contributed by atoms with Crippen molar-refractivity contribution in [1.82, 2.24) is 15.1 Å². The van der Waals surface area contributed by atoms with Crippen LogP contribution in [0.4, 0.5) is 0 Å². The zero-order valence-corrected chi connectivity index (χ0v) is 15.7. The Bertz CT molecular complexity index is 835. The summed E-state index contributed by atoms with van der Waals surface area (Å²) in [6.07, 6.45) is 3.86. The summed E-state index contributed by atoms with van der Waals surface area (Å²) in [5, 5.41) is 5.06. The standard InChI is InChI=1S/C22H27N3O2/c26-21(25-14-4-13-24-12-3-7-20(24)16-25)10-11-23-22(27)19-9-8-17-5-1-2-6-18(17)15-19/h1-2,5-6,8-9,15,20H,3-4,7,10-14,16H2,(H,23,27)/t20-/m0/s1. The monoisotopic (exact) mass is 365 g/mol. The van der Waals surface area contributed by atoms with Gasteiger partial charge in [0.05, 0.1) is 0 Å². The van der Waals surface area contributed by atoms with Gasteiger partial charge in [0, 0.05) is 44.2 Å². The van der Waals surface area contributed by atoms with Crippen LogP contribution in [0.5, 0.6) is 0 Å². The van der Waals surface area contributed by atoms with Gasteiger partial charge < -0.3 is 10.2 Å². The van der Waals surface area contributed by atoms with Gasteiger partial charge in [-0.2, -0.15) is 0 Å². The van der Waals surface area contributed by atoms with Crippen LogP contribution in [0.1, 0.15) is 36.0 Å². The van der Waals surface area contributed by atoms with E-state index in [0.717, 1.165) is 36.8 Å². The number of fused-ring (bicyclic) bond motifs is 2. The molecule has 1 atom stereocenters. The summed E-state index contributed by atoms with van der Waals surface area (Å²) in [4.78, 5) is 29.5. The van der Waals surface area contributed by atoms with Gasteiger partial charge >= 0.3 is 0 Å². The lowest BCUT2D eigenvalue weighted by atomic mass is 10.1. The Labute approximate surface area is 160 Å². The summed E-state index contributed by atoms with van der Waals surface area (Å²) in [6, 6.07) is 14.2. The van der Waals surface area contributed by atoms with E-state index in [9.17, 15) is 9.59 Å². The molecule has 2 aromatic rings. The minimum Gasteiger partial charge on any atom is -0.352 e. The highest BCUT2D eigenvalue weighted by Gasteiger charge is 2.30. The van der Waals surface area contributed by atoms with E-state index in [2.05, 4.69) is 10.2 Å². The predicted octanol–water partition coefficient (Wildman–Crippen LogP) is 2.66. The van der Waals surface area contributed by atoms with Crippen molar-refractivity contribution in [1.29, 1.82) is 0 Å². The Kier molecular flexibility index (Phi) is 5.39. The molecular formula is C22H27N3O2. The van der Waals surface area contributed by atoms with E-state index in [1.165, 1.54) is 19.4 Å². The molecule has 2 aliphatic rings. The average molecular weight is 365 g/mol. The van der Waals surface area contributed by atoms with Crippen molar-refractivity contribution in [3.63, 3.8) is 0 Å². The Hall–Kier alpha value is -2.40. The number of amides is 2. The van der Waals surface area contributed by atoms with Gasteiger partial charge in [-0.1, -0.05) is 30.3 Å². The second-order valence-electron chi connectivity index (χ2n) is 7.59. The van der Waals surface area contributed by atoms with Gasteiger partial charge in [0.1, 0.15) is 0 Å². The van der Waals surface area contributed by atoms with Gasteiger partial charge in [0.25, 0.3) is 5.91 Å². The van der Waals surface area contributed by atoms with Crippen LogP contribution < -0.4 is 5.32 Å². The summed E-state index contributed by atoms with van der Waals surface area (Å²) < 4.78 is 0. The molecule has 2 saturated heterocycles. The molecule has 4 rings (SSSR count). The van der Waals surface area contributed by atoms with E-state index in [1.807, 2.05) is 47.4 Å². The van der Waals surface area contributed by atoms with Crippen molar-refractivity contribution in [3.8, 4) is 0 Å². The summed E-state index contributed by atoms with van der Waals surface area (Å²) in [7, 11) is 0. The zero-order valence-electron chi connectivity index (χ0n) is 15.7. The molecule has 2 amide bonds. The Balaban J connectivity index is 1.29. The van der Waals surface area contributed by atoms with Crippen LogP contribution in [0, 0.1) is 0 Å². The van der Waals surface area contributed by atoms with Crippen LogP contribution in [-0.2, 0) is 4.79 Å². The Morgan fingerprint density at radius 1 is 1.00 bits per heavy atom. The molecular weight excluding hydrogens is 338 g/mol. The fourth-order valence-electron chi connectivity index (χ4n) is 4.31. The molecule has 2 heterocycles. The smallest absolute Gasteiger partial charge is 0.251 e. The molecule has 5 nitrogen and oxygen atoms in total. The molecule has 0 radical (unpaired) electrons. The first-order valence-electron chi connectivity index (χ1n) is 9.99. The maximum absolute atomic E-state index is 12.6. The first kappa shape index (κ1) is 18.0. The molecule has 2 fully saturated rings. The van der Waals surface area contributed by atoms with E-state index in [4.69, 9.17) is 0 Å². The number of hydrogen-bond acceptors (Lipinski definition) is 3. The molecule has 0 saturated carbocycles. The van der Waals surface area contributed by atoms with Crippen molar-refractivity contribution in [2.45, 2.75) is 31.7 Å². The van der Waals surface area contributed by atoms with Crippen LogP contribution in [0.2, 0.25) is 0 Å². The number of hydrogen-bond donors (Lipinski definition) is 1. The number of nitrogens with one attached hydrogen (secondary N) is 1. The summed E-state index contributed by atoms with van der Waals surface area (Å²) >= 11 is 0. The molecule has 2 aromatic carbocycles. The molecule has 142 valence electrons. The highest BCUT2D eigenvalue weighted by atomic mass is 16.2. The van der Waals surface area contributed by atoms with Crippen LogP contribution in [0.15, 0.2) is 42.5 Å². The zero-order chi connectivity index (χ0) is 18.6. The topological polar surface area (TPSA) is 52.7 Å². The largest absolute Gasteiger partial charge is 0.352 e. The maximum Gasteiger partial charge on any atom is 0.251 e. The molecule has 0 unspecified atom stereocenters. The molecule has 0 aliphatic carbocycles. The lowest BCUT2D eigenvalue weighted by molar-refractivity contribution is -0.131. The number of carbonyl (C=O) groups excluding carboxylic acids is 2. The Morgan fingerprint density at radius 3 is 2.70 bits per heavy atom. The second-order valence-corrected chi connectivity index (χ2v) is 7.59. The highest BCUT2D eigenvalue weighted by molar-refractivity contribution is 5.98. The SMILES string of the molecule is O=C(NCCC(=O)N1CCCN2CCC[C@H]2C1)c1ccc2ccccc2c1. The fourth-order valence-corrected chi connectivity index (χ4v) is 4.31. The van der Waals surface area contributed by atoms with E-state index in [1.54, 1.807) is 0 Å². The van der Waals surface area contributed by atoms with Crippen LogP contribution in [0.25, 0.3) is 10.8 Å². The molecule has 27 heavy (non-hydrogen) atoms. The summed E-state index contributed by atoms with van der Waals surface area (Å²) in [5.41, 5.74) is 0.637. The van der Waals surface area contributed by atoms with Crippen molar-refractivity contribution >= 4 is 22.6 Å². The summed E-state index contributed by atoms with van der Waals surface area (Å²) in [5.74, 6) is 0.0361. The second kappa shape index (κ2) is 8.09. The van der Waals surface area contributed by atoms with E-state index >= 15 is 0 Å². The third kappa shape index (κ3) is 4.14. The van der Waals surface area contributed by atoms with Gasteiger partial charge in [0.15, 0.2) is 0 Å². The fraction of sp³-hybridized carbons (Fsp3) is 0.455. The number of rotatable bonds is 4. The van der Waals surface area contributed by atoms with Crippen LogP contribution >= 0.6 is 0 Å². The van der Waals surface area contributed by atoms with Gasteiger partial charge in [0.2, 0.25) is 5.91 Å². The minimum atomic E-state index is -0.119. The number of benzene rings is 2. The van der Waals surface area contributed by atoms with Crippen molar-refractivity contribution < 1.29 is 9.59 Å². The molecule has 0 aromatic heterocycles. The molecule has 5 heteroatoms. The van der Waals surface area contributed by atoms with Gasteiger partial charge in [-0.05, 0) is 48.7 Å². The molecule has 2 aliphatic heterocycles. The van der Waals surface area contributed by atoms with Crippen molar-refractivity contribution in [2.24, 2.45) is 0 Å². The molecule has 0 bridgehead atoms. The van der Waals surface area contributed by atoms with E-state index < -0.39 is 0 Å². The minimum absolute atomic E-state index is 0.119. The predicted molar refractivity (Wildman–Crippen MR) is 107 cm³/mol. The average Bonchev–Trinajstić information content (AvgIpc) is 3.04. The van der Waals surface area contributed by atoms with Gasteiger partial charge in [-0.15, -0.1) is 0 Å². The van der Waals surface area contributed by atoms with E-state index in [-0.39, 0.29) is 11.8 Å². The number of carbonyl (C=O) groups is 2. The lowest BCUT2D eigenvalue weighted by Crippen LogP contribution is -2.40. The lowest BCUT2D eigenvalue weighted by Gasteiger charge is -2.25. The van der Waals surface area contributed by atoms with Gasteiger partial charge in [-0.3, -0.25) is 14.5 Å². The third-order valence-electron chi connectivity index (χ3n) is 5.79. The number of nitrogens with zero attached hydrogens (tertiary/aromatic N) is 2. The molecule has 1 N–H and O–H groups in total. The third-order valence-corrected chi connectivity index (χ3v) is 5.79. The van der Waals surface area contributed by atoms with Crippen molar-refractivity contribution in [3.05, 3.63) is 48.0 Å².